The van der Waals surface area contributed by atoms with Gasteiger partial charge in [-0.15, -0.1) is 45.5 Å². The number of fused-ring (bicyclic) bond motifs is 2. The summed E-state index contributed by atoms with van der Waals surface area (Å²) in [5.74, 6) is 1.23. The second kappa shape index (κ2) is 20.6. The number of anilines is 8. The minimum absolute atomic E-state index is 0.202. The van der Waals surface area contributed by atoms with E-state index in [2.05, 4.69) is 91.9 Å². The van der Waals surface area contributed by atoms with Gasteiger partial charge in [-0.1, -0.05) is 42.1 Å². The van der Waals surface area contributed by atoms with E-state index in [0.29, 0.717) is 54.8 Å². The van der Waals surface area contributed by atoms with Crippen LogP contribution in [-0.2, 0) is 15.9 Å². The molecule has 0 atom stereocenters. The van der Waals surface area contributed by atoms with Crippen molar-refractivity contribution in [2.45, 2.75) is 47.0 Å². The Labute approximate surface area is 390 Å². The maximum Gasteiger partial charge on any atom is 0.304 e. The van der Waals surface area contributed by atoms with E-state index in [1.54, 1.807) is 11.3 Å². The number of thiophene rings is 2. The van der Waals surface area contributed by atoms with Gasteiger partial charge < -0.3 is 31.9 Å². The largest absolute Gasteiger partial charge is 0.397 e. The second-order valence-corrected chi connectivity index (χ2v) is 20.4. The van der Waals surface area contributed by atoms with E-state index in [0.717, 1.165) is 85.4 Å². The van der Waals surface area contributed by atoms with Crippen LogP contribution in [0.4, 0.5) is 56.0 Å². The molecule has 0 fully saturated rings. The number of thioether (sulfide) groups is 1. The van der Waals surface area contributed by atoms with Gasteiger partial charge in [0, 0.05) is 48.7 Å². The summed E-state index contributed by atoms with van der Waals surface area (Å²) in [6.45, 7) is 11.7. The molecule has 3 aromatic carbocycles. The van der Waals surface area contributed by atoms with Crippen molar-refractivity contribution in [3.8, 4) is 0 Å². The van der Waals surface area contributed by atoms with Crippen molar-refractivity contribution in [1.29, 1.82) is 0 Å². The van der Waals surface area contributed by atoms with Crippen LogP contribution in [0.2, 0.25) is 0 Å². The molecule has 23 heteroatoms. The number of hydrogen-bond donors (Lipinski definition) is 6. The molecule has 5 aromatic heterocycles. The summed E-state index contributed by atoms with van der Waals surface area (Å²) in [5.41, 5.74) is 17.4. The van der Waals surface area contributed by atoms with Crippen molar-refractivity contribution >= 4 is 157 Å². The van der Waals surface area contributed by atoms with Gasteiger partial charge in [-0.3, -0.25) is 4.55 Å². The van der Waals surface area contributed by atoms with Crippen LogP contribution in [0.1, 0.15) is 33.3 Å². The summed E-state index contributed by atoms with van der Waals surface area (Å²) >= 11 is 10.5. The fourth-order valence-corrected chi connectivity index (χ4v) is 11.4. The molecule has 328 valence electrons. The SMILES string of the molecule is CCN(CC)c1ccc(N)c(Nc2nc(Nc3cc(N(CC)CC)ccc3N=Nc3snc4sc(S(=O)(=O)O)cc34)nc(SCc3ccccc3)n2)c1.Nc1snc2sc(S)cc12. The lowest BCUT2D eigenvalue weighted by Gasteiger charge is -2.22. The third kappa shape index (κ3) is 11.3. The topological polar surface area (TPSA) is 226 Å². The van der Waals surface area contributed by atoms with Gasteiger partial charge in [-0.2, -0.15) is 32.1 Å². The fourth-order valence-electron chi connectivity index (χ4n) is 6.20. The van der Waals surface area contributed by atoms with Crippen molar-refractivity contribution in [3.63, 3.8) is 0 Å². The first-order valence-corrected chi connectivity index (χ1v) is 25.5. The molecule has 63 heavy (non-hydrogen) atoms. The van der Waals surface area contributed by atoms with E-state index in [1.165, 1.54) is 29.4 Å². The first-order chi connectivity index (χ1) is 30.3. The van der Waals surface area contributed by atoms with Crippen LogP contribution in [0.3, 0.4) is 0 Å². The Balaban J connectivity index is 0.000000518. The number of azo groups is 1. The zero-order chi connectivity index (χ0) is 44.7. The van der Waals surface area contributed by atoms with Crippen LogP contribution in [-0.4, -0.2) is 62.8 Å². The quantitative estimate of drug-likeness (QED) is 0.0174. The lowest BCUT2D eigenvalue weighted by molar-refractivity contribution is 0.485. The van der Waals surface area contributed by atoms with E-state index in [9.17, 15) is 13.0 Å². The standard InChI is InChI=1S/C35H39N11O3S4.C5H4N2S3/c1-5-45(6-2)23-14-16-26(36)28(18-23)37-33-39-34(41-35(40-33)50-21-22-12-10-9-11-13-22)38-29-19-24(46(7-3)8-4)15-17-27(29)42-43-31-25-20-30(53(47,48)49)51-32(25)44-52-31;6-4-2-1-3(8)9-5(2)7-10-4/h9-20H,5-8,21,36H2,1-4H3,(H,47,48,49)(H2,37,38,39,40,41);1,8H,6H2. The molecular weight excluding hydrogens is 935 g/mol. The van der Waals surface area contributed by atoms with Crippen molar-refractivity contribution in [2.24, 2.45) is 10.2 Å². The molecule has 0 saturated heterocycles. The van der Waals surface area contributed by atoms with Gasteiger partial charge in [-0.05, 0) is 105 Å². The van der Waals surface area contributed by atoms with Crippen LogP contribution in [0.15, 0.2) is 103 Å². The zero-order valence-electron chi connectivity index (χ0n) is 34.4. The van der Waals surface area contributed by atoms with Gasteiger partial charge in [0.15, 0.2) is 10.2 Å². The van der Waals surface area contributed by atoms with E-state index >= 15 is 0 Å². The Hall–Kier alpha value is -5.14. The fraction of sp³-hybridized carbons (Fsp3) is 0.225. The van der Waals surface area contributed by atoms with Gasteiger partial charge in [0.2, 0.25) is 11.9 Å². The lowest BCUT2D eigenvalue weighted by Crippen LogP contribution is -2.21. The van der Waals surface area contributed by atoms with E-state index in [4.69, 9.17) is 26.4 Å². The number of thiol groups is 1. The molecule has 0 radical (unpaired) electrons. The molecule has 0 amide bonds. The number of nitrogens with two attached hydrogens (primary N) is 2. The predicted octanol–water partition coefficient (Wildman–Crippen LogP) is 11.5. The smallest absolute Gasteiger partial charge is 0.304 e. The summed E-state index contributed by atoms with van der Waals surface area (Å²) in [5, 5.41) is 18.9. The van der Waals surface area contributed by atoms with Crippen LogP contribution < -0.4 is 31.9 Å². The number of nitrogens with zero attached hydrogens (tertiary/aromatic N) is 9. The van der Waals surface area contributed by atoms with Gasteiger partial charge in [0.25, 0.3) is 0 Å². The lowest BCUT2D eigenvalue weighted by atomic mass is 10.2. The van der Waals surface area contributed by atoms with Crippen molar-refractivity contribution < 1.29 is 13.0 Å². The van der Waals surface area contributed by atoms with E-state index < -0.39 is 10.1 Å². The van der Waals surface area contributed by atoms with E-state index in [-0.39, 0.29) is 10.2 Å². The first-order valence-electron chi connectivity index (χ1n) is 19.5. The predicted molar refractivity (Wildman–Crippen MR) is 267 cm³/mol. The van der Waals surface area contributed by atoms with Gasteiger partial charge in [-0.25, -0.2) is 0 Å². The Kier molecular flexibility index (Phi) is 15.0. The van der Waals surface area contributed by atoms with Crippen LogP contribution in [0.25, 0.3) is 20.4 Å². The molecule has 0 aliphatic rings. The second-order valence-electron chi connectivity index (χ2n) is 13.4. The number of nitrogen functional groups attached to an aromatic ring is 2. The number of rotatable bonds is 16. The highest BCUT2D eigenvalue weighted by molar-refractivity contribution is 7.98. The molecule has 0 aliphatic heterocycles. The highest BCUT2D eigenvalue weighted by Gasteiger charge is 2.19. The molecule has 7 N–H and O–H groups in total. The molecule has 5 heterocycles. The summed E-state index contributed by atoms with van der Waals surface area (Å²) in [7, 11) is -4.37. The van der Waals surface area contributed by atoms with Crippen molar-refractivity contribution in [2.75, 3.05) is 58.1 Å². The molecule has 0 bridgehead atoms. The summed E-state index contributed by atoms with van der Waals surface area (Å²) in [4.78, 5) is 20.2. The third-order valence-electron chi connectivity index (χ3n) is 9.42. The Morgan fingerprint density at radius 3 is 2.02 bits per heavy atom. The molecule has 0 saturated carbocycles. The normalized spacial score (nSPS) is 11.6. The van der Waals surface area contributed by atoms with Crippen molar-refractivity contribution in [3.05, 3.63) is 84.4 Å². The van der Waals surface area contributed by atoms with E-state index in [1.807, 2.05) is 60.7 Å². The number of aromatic nitrogens is 5. The monoisotopic (exact) mass is 977 g/mol. The number of benzene rings is 3. The van der Waals surface area contributed by atoms with Gasteiger partial charge >= 0.3 is 10.1 Å². The maximum atomic E-state index is 11.7. The third-order valence-corrected chi connectivity index (χ3v) is 15.6. The molecule has 0 aliphatic carbocycles. The maximum absolute atomic E-state index is 11.7. The molecule has 8 rings (SSSR count). The first kappa shape index (κ1) is 45.9. The Morgan fingerprint density at radius 1 is 0.746 bits per heavy atom. The summed E-state index contributed by atoms with van der Waals surface area (Å²) in [6, 6.07) is 25.0. The van der Waals surface area contributed by atoms with Crippen LogP contribution in [0.5, 0.6) is 0 Å². The van der Waals surface area contributed by atoms with Gasteiger partial charge in [0.1, 0.15) is 24.6 Å². The van der Waals surface area contributed by atoms with Crippen molar-refractivity contribution in [1.82, 2.24) is 23.7 Å². The zero-order valence-corrected chi connectivity index (χ0v) is 40.2. The molecular formula is C40H43N13O3S7. The minimum Gasteiger partial charge on any atom is -0.397 e. The molecule has 16 nitrogen and oxygen atoms in total. The average molecular weight is 978 g/mol. The molecule has 0 unspecified atom stereocenters. The Bertz CT molecular complexity index is 2960. The highest BCUT2D eigenvalue weighted by Crippen LogP contribution is 2.40. The minimum atomic E-state index is -4.37. The summed E-state index contributed by atoms with van der Waals surface area (Å²) < 4.78 is 42.2. The average Bonchev–Trinajstić information content (AvgIpc) is 4.05. The number of nitrogens with one attached hydrogen (secondary N) is 2. The van der Waals surface area contributed by atoms with Gasteiger partial charge in [0.05, 0.1) is 26.7 Å². The van der Waals surface area contributed by atoms with Crippen LogP contribution in [0, 0.1) is 0 Å². The Morgan fingerprint density at radius 2 is 1.37 bits per heavy atom. The molecule has 0 spiro atoms. The highest BCUT2D eigenvalue weighted by atomic mass is 32.3. The molecule has 8 aromatic rings. The van der Waals surface area contributed by atoms with Crippen LogP contribution >= 0.6 is 70.1 Å². The summed E-state index contributed by atoms with van der Waals surface area (Å²) in [6.07, 6.45) is 0. The number of hydrogen-bond acceptors (Lipinski definition) is 21.